The van der Waals surface area contributed by atoms with Gasteiger partial charge in [-0.2, -0.15) is 0 Å². The average Bonchev–Trinajstić information content (AvgIpc) is 2.69. The van der Waals surface area contributed by atoms with E-state index in [1.54, 1.807) is 48.5 Å². The van der Waals surface area contributed by atoms with Crippen LogP contribution in [0.25, 0.3) is 0 Å². The third-order valence-corrected chi connectivity index (χ3v) is 6.84. The van der Waals surface area contributed by atoms with Crippen molar-refractivity contribution < 1.29 is 13.2 Å². The van der Waals surface area contributed by atoms with E-state index >= 15 is 0 Å². The van der Waals surface area contributed by atoms with Gasteiger partial charge in [0.1, 0.15) is 6.54 Å². The first-order valence-corrected chi connectivity index (χ1v) is 11.2. The Morgan fingerprint density at radius 1 is 0.966 bits per heavy atom. The zero-order valence-corrected chi connectivity index (χ0v) is 18.5. The van der Waals surface area contributed by atoms with Crippen molar-refractivity contribution >= 4 is 43.2 Å². The van der Waals surface area contributed by atoms with Crippen LogP contribution in [0.4, 0.5) is 11.4 Å². The Balaban J connectivity index is 1.99. The predicted molar refractivity (Wildman–Crippen MR) is 120 cm³/mol. The van der Waals surface area contributed by atoms with Gasteiger partial charge in [0.25, 0.3) is 10.0 Å². The summed E-state index contributed by atoms with van der Waals surface area (Å²) >= 11 is 3.36. The van der Waals surface area contributed by atoms with Crippen LogP contribution in [0.5, 0.6) is 0 Å². The van der Waals surface area contributed by atoms with Crippen LogP contribution >= 0.6 is 15.9 Å². The molecule has 0 saturated carbocycles. The Hall–Kier alpha value is -2.64. The van der Waals surface area contributed by atoms with Crippen molar-refractivity contribution in [3.05, 3.63) is 88.4 Å². The molecule has 0 unspecified atom stereocenters. The van der Waals surface area contributed by atoms with E-state index in [-0.39, 0.29) is 11.4 Å². The SMILES string of the molecule is Cc1cccc(N(CC(=O)Nc2cccc(Br)c2)S(=O)(=O)c2ccccc2)c1C. The molecule has 3 aromatic rings. The fraction of sp³-hybridized carbons (Fsp3) is 0.136. The molecular formula is C22H21BrN2O3S. The van der Waals surface area contributed by atoms with Crippen LogP contribution in [0, 0.1) is 13.8 Å². The van der Waals surface area contributed by atoms with Crippen LogP contribution in [0.1, 0.15) is 11.1 Å². The number of carbonyl (C=O) groups excluding carboxylic acids is 1. The molecule has 1 N–H and O–H groups in total. The third-order valence-electron chi connectivity index (χ3n) is 4.57. The standard InChI is InChI=1S/C22H21BrN2O3S/c1-16-8-6-13-21(17(16)2)25(29(27,28)20-11-4-3-5-12-20)15-22(26)24-19-10-7-9-18(23)14-19/h3-14H,15H2,1-2H3,(H,24,26). The molecule has 0 atom stereocenters. The highest BCUT2D eigenvalue weighted by Gasteiger charge is 2.28. The molecule has 3 aromatic carbocycles. The molecule has 1 amide bonds. The Bertz CT molecular complexity index is 1130. The van der Waals surface area contributed by atoms with Crippen LogP contribution in [0.2, 0.25) is 0 Å². The number of nitrogens with one attached hydrogen (secondary N) is 1. The summed E-state index contributed by atoms with van der Waals surface area (Å²) in [6.07, 6.45) is 0. The van der Waals surface area contributed by atoms with Gasteiger partial charge in [-0.15, -0.1) is 0 Å². The van der Waals surface area contributed by atoms with E-state index in [1.807, 2.05) is 26.0 Å². The molecule has 0 aromatic heterocycles. The number of hydrogen-bond acceptors (Lipinski definition) is 3. The van der Waals surface area contributed by atoms with E-state index in [0.29, 0.717) is 11.4 Å². The van der Waals surface area contributed by atoms with Crippen molar-refractivity contribution in [3.8, 4) is 0 Å². The van der Waals surface area contributed by atoms with Gasteiger partial charge in [0.2, 0.25) is 5.91 Å². The first-order chi connectivity index (χ1) is 13.8. The molecule has 0 aliphatic carbocycles. The van der Waals surface area contributed by atoms with E-state index in [1.165, 1.54) is 12.1 Å². The van der Waals surface area contributed by atoms with Crippen molar-refractivity contribution in [3.63, 3.8) is 0 Å². The zero-order valence-electron chi connectivity index (χ0n) is 16.1. The van der Waals surface area contributed by atoms with Crippen molar-refractivity contribution in [2.75, 3.05) is 16.2 Å². The molecule has 7 heteroatoms. The van der Waals surface area contributed by atoms with E-state index < -0.39 is 15.9 Å². The fourth-order valence-corrected chi connectivity index (χ4v) is 4.82. The first kappa shape index (κ1) is 21.1. The summed E-state index contributed by atoms with van der Waals surface area (Å²) in [5, 5.41) is 2.77. The Labute approximate surface area is 179 Å². The number of amides is 1. The van der Waals surface area contributed by atoms with Gasteiger partial charge < -0.3 is 5.32 Å². The minimum absolute atomic E-state index is 0.135. The van der Waals surface area contributed by atoms with Gasteiger partial charge in [-0.3, -0.25) is 9.10 Å². The summed E-state index contributed by atoms with van der Waals surface area (Å²) in [5.74, 6) is -0.427. The molecule has 0 bridgehead atoms. The molecule has 0 aliphatic heterocycles. The number of aryl methyl sites for hydroxylation is 1. The second-order valence-electron chi connectivity index (χ2n) is 6.60. The lowest BCUT2D eigenvalue weighted by Crippen LogP contribution is -2.38. The van der Waals surface area contributed by atoms with Gasteiger partial charge in [-0.05, 0) is 61.4 Å². The molecule has 0 heterocycles. The topological polar surface area (TPSA) is 66.5 Å². The third kappa shape index (κ3) is 4.86. The predicted octanol–water partition coefficient (Wildman–Crippen LogP) is 4.90. The summed E-state index contributed by atoms with van der Waals surface area (Å²) in [4.78, 5) is 12.9. The maximum atomic E-state index is 13.4. The van der Waals surface area contributed by atoms with Crippen LogP contribution in [0.15, 0.2) is 82.2 Å². The molecule has 150 valence electrons. The summed E-state index contributed by atoms with van der Waals surface area (Å²) in [7, 11) is -3.93. The normalized spacial score (nSPS) is 11.1. The van der Waals surface area contributed by atoms with Crippen molar-refractivity contribution in [1.29, 1.82) is 0 Å². The molecule has 5 nitrogen and oxygen atoms in total. The highest BCUT2D eigenvalue weighted by atomic mass is 79.9. The molecule has 0 spiro atoms. The molecule has 3 rings (SSSR count). The highest BCUT2D eigenvalue weighted by Crippen LogP contribution is 2.28. The van der Waals surface area contributed by atoms with E-state index in [2.05, 4.69) is 21.2 Å². The van der Waals surface area contributed by atoms with Gasteiger partial charge in [0.15, 0.2) is 0 Å². The van der Waals surface area contributed by atoms with Gasteiger partial charge in [-0.1, -0.05) is 52.3 Å². The summed E-state index contributed by atoms with van der Waals surface area (Å²) < 4.78 is 28.7. The number of nitrogens with zero attached hydrogens (tertiary/aromatic N) is 1. The average molecular weight is 473 g/mol. The maximum Gasteiger partial charge on any atom is 0.264 e. The molecule has 29 heavy (non-hydrogen) atoms. The lowest BCUT2D eigenvalue weighted by Gasteiger charge is -2.26. The van der Waals surface area contributed by atoms with Crippen molar-refractivity contribution in [2.24, 2.45) is 0 Å². The first-order valence-electron chi connectivity index (χ1n) is 8.98. The number of rotatable bonds is 6. The minimum Gasteiger partial charge on any atom is -0.324 e. The number of hydrogen-bond donors (Lipinski definition) is 1. The molecule has 0 radical (unpaired) electrons. The number of halogens is 1. The van der Waals surface area contributed by atoms with Crippen molar-refractivity contribution in [2.45, 2.75) is 18.7 Å². The second-order valence-corrected chi connectivity index (χ2v) is 9.38. The lowest BCUT2D eigenvalue weighted by atomic mass is 10.1. The van der Waals surface area contributed by atoms with Gasteiger partial charge >= 0.3 is 0 Å². The Morgan fingerprint density at radius 3 is 2.34 bits per heavy atom. The van der Waals surface area contributed by atoms with Crippen molar-refractivity contribution in [1.82, 2.24) is 0 Å². The maximum absolute atomic E-state index is 13.4. The lowest BCUT2D eigenvalue weighted by molar-refractivity contribution is -0.114. The Morgan fingerprint density at radius 2 is 1.66 bits per heavy atom. The number of anilines is 2. The quantitative estimate of drug-likeness (QED) is 0.554. The van der Waals surface area contributed by atoms with E-state index in [0.717, 1.165) is 19.9 Å². The second kappa shape index (κ2) is 8.80. The minimum atomic E-state index is -3.93. The van der Waals surface area contributed by atoms with Gasteiger partial charge in [-0.25, -0.2) is 8.42 Å². The van der Waals surface area contributed by atoms with Crippen LogP contribution < -0.4 is 9.62 Å². The van der Waals surface area contributed by atoms with E-state index in [4.69, 9.17) is 0 Å². The van der Waals surface area contributed by atoms with E-state index in [9.17, 15) is 13.2 Å². The van der Waals surface area contributed by atoms with Gasteiger partial charge in [0.05, 0.1) is 10.6 Å². The van der Waals surface area contributed by atoms with Crippen LogP contribution in [-0.2, 0) is 14.8 Å². The summed E-state index contributed by atoms with van der Waals surface area (Å²) in [6, 6.07) is 20.7. The molecule has 0 fully saturated rings. The molecular weight excluding hydrogens is 452 g/mol. The molecule has 0 aliphatic rings. The molecule has 0 saturated heterocycles. The number of sulfonamides is 1. The summed E-state index contributed by atoms with van der Waals surface area (Å²) in [6.45, 7) is 3.42. The smallest absolute Gasteiger partial charge is 0.264 e. The largest absolute Gasteiger partial charge is 0.324 e. The van der Waals surface area contributed by atoms with Crippen LogP contribution in [-0.4, -0.2) is 20.9 Å². The monoisotopic (exact) mass is 472 g/mol. The zero-order chi connectivity index (χ0) is 21.0. The Kier molecular flexibility index (Phi) is 6.39. The highest BCUT2D eigenvalue weighted by molar-refractivity contribution is 9.10. The fourth-order valence-electron chi connectivity index (χ4n) is 2.92. The number of carbonyl (C=O) groups is 1. The number of benzene rings is 3. The van der Waals surface area contributed by atoms with Crippen LogP contribution in [0.3, 0.4) is 0 Å². The van der Waals surface area contributed by atoms with Gasteiger partial charge in [0, 0.05) is 10.2 Å². The summed E-state index contributed by atoms with van der Waals surface area (Å²) in [5.41, 5.74) is 2.83.